The number of nitrogens with one attached hydrogen (secondary N) is 2. The fourth-order valence-electron chi connectivity index (χ4n) is 5.10. The summed E-state index contributed by atoms with van der Waals surface area (Å²) in [5.41, 5.74) is 7.04. The molecule has 1 fully saturated rings. The molecule has 0 aromatic heterocycles. The molecule has 0 aliphatic carbocycles. The van der Waals surface area contributed by atoms with Gasteiger partial charge in [-0.3, -0.25) is 4.90 Å². The summed E-state index contributed by atoms with van der Waals surface area (Å²) in [6.45, 7) is 10.4. The molecular formula is C32H38I2N4O. The topological polar surface area (TPSA) is 47.6 Å². The zero-order valence-corrected chi connectivity index (χ0v) is 26.7. The lowest BCUT2D eigenvalue weighted by atomic mass is 9.88. The largest absolute Gasteiger partial charge is 0.322 e. The van der Waals surface area contributed by atoms with E-state index in [1.807, 2.05) is 11.0 Å². The normalized spacial score (nSPS) is 13.8. The monoisotopic (exact) mass is 748 g/mol. The fourth-order valence-corrected chi connectivity index (χ4v) is 6.55. The molecule has 3 aromatic carbocycles. The number of rotatable bonds is 12. The van der Waals surface area contributed by atoms with Crippen LogP contribution >= 0.6 is 45.2 Å². The van der Waals surface area contributed by atoms with Crippen LogP contribution in [0, 0.1) is 0 Å². The third kappa shape index (κ3) is 9.03. The second-order valence-electron chi connectivity index (χ2n) is 10.0. The van der Waals surface area contributed by atoms with Crippen molar-refractivity contribution >= 4 is 56.9 Å². The summed E-state index contributed by atoms with van der Waals surface area (Å²) in [6.07, 6.45) is 0.829. The first-order valence-corrected chi connectivity index (χ1v) is 16.6. The molecule has 1 saturated heterocycles. The number of hydrogen-bond acceptors (Lipinski definition) is 3. The van der Waals surface area contributed by atoms with Crippen LogP contribution < -0.4 is 10.6 Å². The molecule has 206 valence electrons. The van der Waals surface area contributed by atoms with Gasteiger partial charge in [0.05, 0.1) is 0 Å². The highest BCUT2D eigenvalue weighted by molar-refractivity contribution is 14.1. The molecule has 0 spiro atoms. The number of anilines is 1. The number of carbonyl (C=O) groups is 1. The average molecular weight is 748 g/mol. The molecule has 0 unspecified atom stereocenters. The third-order valence-corrected chi connectivity index (χ3v) is 8.84. The van der Waals surface area contributed by atoms with E-state index in [4.69, 9.17) is 0 Å². The highest BCUT2D eigenvalue weighted by atomic mass is 127. The maximum atomic E-state index is 13.7. The lowest BCUT2D eigenvalue weighted by molar-refractivity contribution is 0.210. The Morgan fingerprint density at radius 3 is 2.13 bits per heavy atom. The molecule has 0 atom stereocenters. The summed E-state index contributed by atoms with van der Waals surface area (Å²) in [7, 11) is 0. The third-order valence-electron chi connectivity index (χ3n) is 7.20. The van der Waals surface area contributed by atoms with Gasteiger partial charge in [0.2, 0.25) is 0 Å². The standard InChI is InChI=1S/C32H38I2N4O/c1-25(23-37-18-15-35-16-19-37)24-38(32(39)36-30-13-12-28(21-33)29(20-30)22-34)17-14-31(26-8-4-2-5-9-26)27-10-6-3-7-11-27/h2-13,20,31,35H,1,14-19,21-24H2,(H,36,39). The van der Waals surface area contributed by atoms with Crippen LogP contribution in [-0.4, -0.2) is 61.6 Å². The molecule has 1 heterocycles. The number of piperazine rings is 1. The minimum Gasteiger partial charge on any atom is -0.320 e. The van der Waals surface area contributed by atoms with Crippen molar-refractivity contribution in [2.24, 2.45) is 0 Å². The Morgan fingerprint density at radius 1 is 0.923 bits per heavy atom. The Morgan fingerprint density at radius 2 is 1.54 bits per heavy atom. The highest BCUT2D eigenvalue weighted by Gasteiger charge is 2.21. The number of halogens is 2. The number of carbonyl (C=O) groups excluding carboxylic acids is 1. The molecular weight excluding hydrogens is 710 g/mol. The second kappa shape index (κ2) is 15.7. The van der Waals surface area contributed by atoms with Crippen LogP contribution in [0.5, 0.6) is 0 Å². The first-order valence-electron chi connectivity index (χ1n) is 13.6. The van der Waals surface area contributed by atoms with E-state index >= 15 is 0 Å². The van der Waals surface area contributed by atoms with Gasteiger partial charge in [0.1, 0.15) is 0 Å². The molecule has 39 heavy (non-hydrogen) atoms. The summed E-state index contributed by atoms with van der Waals surface area (Å²) in [5.74, 6) is 0.206. The Labute approximate surface area is 260 Å². The zero-order valence-electron chi connectivity index (χ0n) is 22.4. The Kier molecular flexibility index (Phi) is 12.1. The summed E-state index contributed by atoms with van der Waals surface area (Å²) < 4.78 is 1.88. The van der Waals surface area contributed by atoms with Crippen molar-refractivity contribution in [3.05, 3.63) is 113 Å². The van der Waals surface area contributed by atoms with Gasteiger partial charge in [-0.25, -0.2) is 4.79 Å². The van der Waals surface area contributed by atoms with Crippen LogP contribution in [0.4, 0.5) is 10.5 Å². The van der Waals surface area contributed by atoms with Crippen LogP contribution in [-0.2, 0) is 8.86 Å². The van der Waals surface area contributed by atoms with Gasteiger partial charge in [-0.2, -0.15) is 0 Å². The first kappa shape index (κ1) is 30.0. The van der Waals surface area contributed by atoms with Gasteiger partial charge in [0.15, 0.2) is 0 Å². The van der Waals surface area contributed by atoms with E-state index in [9.17, 15) is 4.79 Å². The molecule has 0 saturated carbocycles. The molecule has 1 aliphatic heterocycles. The molecule has 2 N–H and O–H groups in total. The smallest absolute Gasteiger partial charge is 0.320 e. The number of urea groups is 1. The van der Waals surface area contributed by atoms with Crippen LogP contribution in [0.3, 0.4) is 0 Å². The number of alkyl halides is 2. The van der Waals surface area contributed by atoms with Crippen LogP contribution in [0.1, 0.15) is 34.6 Å². The van der Waals surface area contributed by atoms with E-state index in [1.54, 1.807) is 0 Å². The van der Waals surface area contributed by atoms with Crippen molar-refractivity contribution in [2.45, 2.75) is 21.2 Å². The number of amides is 2. The van der Waals surface area contributed by atoms with Gasteiger partial charge >= 0.3 is 6.03 Å². The van der Waals surface area contributed by atoms with E-state index in [1.165, 1.54) is 22.3 Å². The van der Waals surface area contributed by atoms with Crippen molar-refractivity contribution in [1.29, 1.82) is 0 Å². The maximum Gasteiger partial charge on any atom is 0.322 e. The van der Waals surface area contributed by atoms with E-state index in [0.717, 1.165) is 59.3 Å². The molecule has 7 heteroatoms. The Bertz CT molecular complexity index is 1160. The molecule has 2 amide bonds. The van der Waals surface area contributed by atoms with Crippen molar-refractivity contribution in [3.63, 3.8) is 0 Å². The minimum absolute atomic E-state index is 0.0713. The summed E-state index contributed by atoms with van der Waals surface area (Å²) >= 11 is 4.79. The van der Waals surface area contributed by atoms with Crippen molar-refractivity contribution < 1.29 is 4.79 Å². The summed E-state index contributed by atoms with van der Waals surface area (Å²) in [6, 6.07) is 27.4. The van der Waals surface area contributed by atoms with Gasteiger partial charge < -0.3 is 15.5 Å². The molecule has 5 nitrogen and oxygen atoms in total. The molecule has 0 bridgehead atoms. The quantitative estimate of drug-likeness (QED) is 0.118. The van der Waals surface area contributed by atoms with Crippen LogP contribution in [0.2, 0.25) is 0 Å². The van der Waals surface area contributed by atoms with Gasteiger partial charge in [0.25, 0.3) is 0 Å². The minimum atomic E-state index is -0.0713. The lowest BCUT2D eigenvalue weighted by Crippen LogP contribution is -2.45. The van der Waals surface area contributed by atoms with Crippen molar-refractivity contribution in [3.8, 4) is 0 Å². The number of hydrogen-bond donors (Lipinski definition) is 2. The van der Waals surface area contributed by atoms with Crippen LogP contribution in [0.15, 0.2) is 91.0 Å². The van der Waals surface area contributed by atoms with E-state index in [-0.39, 0.29) is 11.9 Å². The van der Waals surface area contributed by atoms with Gasteiger partial charge in [-0.15, -0.1) is 0 Å². The maximum absolute atomic E-state index is 13.7. The van der Waals surface area contributed by atoms with Gasteiger partial charge in [-0.05, 0) is 46.4 Å². The molecule has 4 rings (SSSR count). The average Bonchev–Trinajstić information content (AvgIpc) is 2.98. The predicted octanol–water partition coefficient (Wildman–Crippen LogP) is 7.07. The number of nitrogens with zero attached hydrogens (tertiary/aromatic N) is 2. The van der Waals surface area contributed by atoms with E-state index in [0.29, 0.717) is 13.1 Å². The summed E-state index contributed by atoms with van der Waals surface area (Å²) in [5, 5.41) is 6.61. The van der Waals surface area contributed by atoms with Gasteiger partial charge in [-0.1, -0.05) is 118 Å². The Hall–Kier alpha value is -1.95. The number of benzene rings is 3. The molecule has 1 aliphatic rings. The summed E-state index contributed by atoms with van der Waals surface area (Å²) in [4.78, 5) is 18.1. The molecule has 3 aromatic rings. The van der Waals surface area contributed by atoms with E-state index in [2.05, 4.69) is 140 Å². The van der Waals surface area contributed by atoms with Crippen molar-refractivity contribution in [1.82, 2.24) is 15.1 Å². The molecule has 0 radical (unpaired) electrons. The van der Waals surface area contributed by atoms with Crippen LogP contribution in [0.25, 0.3) is 0 Å². The SMILES string of the molecule is C=C(CN1CCNCC1)CN(CCC(c1ccccc1)c1ccccc1)C(=O)Nc1ccc(CI)c(CI)c1. The van der Waals surface area contributed by atoms with E-state index < -0.39 is 0 Å². The highest BCUT2D eigenvalue weighted by Crippen LogP contribution is 2.28. The zero-order chi connectivity index (χ0) is 27.5. The first-order chi connectivity index (χ1) is 19.1. The fraction of sp³-hybridized carbons (Fsp3) is 0.344. The Balaban J connectivity index is 1.52. The van der Waals surface area contributed by atoms with Crippen molar-refractivity contribution in [2.75, 3.05) is 51.1 Å². The predicted molar refractivity (Wildman–Crippen MR) is 180 cm³/mol. The second-order valence-corrected chi connectivity index (χ2v) is 11.6. The lowest BCUT2D eigenvalue weighted by Gasteiger charge is -2.31. The van der Waals surface area contributed by atoms with Gasteiger partial charge in [0, 0.05) is 66.3 Å².